The van der Waals surface area contributed by atoms with E-state index in [2.05, 4.69) is 13.2 Å². The fourth-order valence-electron chi connectivity index (χ4n) is 1.45. The van der Waals surface area contributed by atoms with Gasteiger partial charge in [0.25, 0.3) is 0 Å². The average molecular weight is 200 g/mol. The molecule has 0 spiro atoms. The van der Waals surface area contributed by atoms with E-state index in [1.165, 1.54) is 0 Å². The highest BCUT2D eigenvalue weighted by Crippen LogP contribution is 2.27. The van der Waals surface area contributed by atoms with Gasteiger partial charge in [0.15, 0.2) is 0 Å². The standard InChI is InChI=1S/C12H10O.C2H6/c1-3-9-10-7-5-6-8-12(10)13-11(9)4-2;1-2/h3-8H,1-2H2;1-2H3. The third-order valence-electron chi connectivity index (χ3n) is 2.05. The van der Waals surface area contributed by atoms with E-state index in [-0.39, 0.29) is 0 Å². The van der Waals surface area contributed by atoms with Crippen LogP contribution in [0.2, 0.25) is 0 Å². The van der Waals surface area contributed by atoms with Crippen LogP contribution >= 0.6 is 0 Å². The van der Waals surface area contributed by atoms with Crippen LogP contribution in [0.1, 0.15) is 25.2 Å². The molecule has 2 aromatic rings. The maximum Gasteiger partial charge on any atom is 0.135 e. The normalized spacial score (nSPS) is 9.20. The number of furan rings is 1. The molecule has 0 bridgehead atoms. The number of rotatable bonds is 2. The van der Waals surface area contributed by atoms with E-state index in [0.29, 0.717) is 0 Å². The summed E-state index contributed by atoms with van der Waals surface area (Å²) in [5.74, 6) is 0.788. The van der Waals surface area contributed by atoms with E-state index in [0.717, 1.165) is 22.3 Å². The van der Waals surface area contributed by atoms with E-state index in [4.69, 9.17) is 4.42 Å². The van der Waals surface area contributed by atoms with Gasteiger partial charge in [-0.05, 0) is 12.1 Å². The molecule has 0 atom stereocenters. The summed E-state index contributed by atoms with van der Waals surface area (Å²) in [7, 11) is 0. The minimum absolute atomic E-state index is 0.788. The molecule has 78 valence electrons. The molecule has 0 fully saturated rings. The van der Waals surface area contributed by atoms with E-state index < -0.39 is 0 Å². The lowest BCUT2D eigenvalue weighted by Gasteiger charge is -1.87. The van der Waals surface area contributed by atoms with Gasteiger partial charge in [-0.2, -0.15) is 0 Å². The number of para-hydroxylation sites is 1. The highest BCUT2D eigenvalue weighted by atomic mass is 16.3. The van der Waals surface area contributed by atoms with Crippen molar-refractivity contribution in [1.29, 1.82) is 0 Å². The third kappa shape index (κ3) is 2.01. The van der Waals surface area contributed by atoms with Crippen molar-refractivity contribution in [3.05, 3.63) is 48.7 Å². The highest BCUT2D eigenvalue weighted by Gasteiger charge is 2.06. The minimum Gasteiger partial charge on any atom is -0.456 e. The Morgan fingerprint density at radius 1 is 1.07 bits per heavy atom. The van der Waals surface area contributed by atoms with Crippen molar-refractivity contribution in [2.24, 2.45) is 0 Å². The average Bonchev–Trinajstić information content (AvgIpc) is 2.69. The van der Waals surface area contributed by atoms with Crippen molar-refractivity contribution in [3.8, 4) is 0 Å². The third-order valence-corrected chi connectivity index (χ3v) is 2.05. The van der Waals surface area contributed by atoms with Gasteiger partial charge in [0, 0.05) is 10.9 Å². The maximum absolute atomic E-state index is 5.55. The molecule has 1 heterocycles. The Labute approximate surface area is 90.7 Å². The predicted octanol–water partition coefficient (Wildman–Crippen LogP) is 4.75. The highest BCUT2D eigenvalue weighted by molar-refractivity contribution is 5.90. The van der Waals surface area contributed by atoms with Crippen molar-refractivity contribution in [1.82, 2.24) is 0 Å². The second-order valence-corrected chi connectivity index (χ2v) is 2.78. The fraction of sp³-hybridized carbons (Fsp3) is 0.143. The summed E-state index contributed by atoms with van der Waals surface area (Å²) in [4.78, 5) is 0. The topological polar surface area (TPSA) is 13.1 Å². The molecule has 1 heteroatoms. The summed E-state index contributed by atoms with van der Waals surface area (Å²) < 4.78 is 5.55. The molecule has 1 nitrogen and oxygen atoms in total. The first kappa shape index (κ1) is 11.3. The van der Waals surface area contributed by atoms with Crippen molar-refractivity contribution >= 4 is 23.1 Å². The van der Waals surface area contributed by atoms with Crippen LogP contribution in [0.4, 0.5) is 0 Å². The summed E-state index contributed by atoms with van der Waals surface area (Å²) in [5, 5.41) is 1.09. The summed E-state index contributed by atoms with van der Waals surface area (Å²) >= 11 is 0. The van der Waals surface area contributed by atoms with Crippen LogP contribution in [0.3, 0.4) is 0 Å². The zero-order valence-corrected chi connectivity index (χ0v) is 9.29. The van der Waals surface area contributed by atoms with Gasteiger partial charge < -0.3 is 4.42 Å². The summed E-state index contributed by atoms with van der Waals surface area (Å²) in [6, 6.07) is 7.89. The second-order valence-electron chi connectivity index (χ2n) is 2.78. The smallest absolute Gasteiger partial charge is 0.135 e. The molecule has 1 aromatic carbocycles. The summed E-state index contributed by atoms with van der Waals surface area (Å²) in [6.45, 7) is 11.4. The van der Waals surface area contributed by atoms with E-state index in [1.807, 2.05) is 38.1 Å². The zero-order valence-electron chi connectivity index (χ0n) is 9.29. The number of fused-ring (bicyclic) bond motifs is 1. The lowest BCUT2D eigenvalue weighted by atomic mass is 10.1. The molecule has 0 saturated heterocycles. The van der Waals surface area contributed by atoms with Gasteiger partial charge in [-0.1, -0.05) is 51.3 Å². The van der Waals surface area contributed by atoms with Crippen LogP contribution in [0.25, 0.3) is 23.1 Å². The predicted molar refractivity (Wildman–Crippen MR) is 67.7 cm³/mol. The first-order valence-electron chi connectivity index (χ1n) is 5.13. The molecule has 0 amide bonds. The SMILES string of the molecule is C=Cc1oc2ccccc2c1C=C.CC. The lowest BCUT2D eigenvalue weighted by molar-refractivity contribution is 0.603. The van der Waals surface area contributed by atoms with Crippen LogP contribution in [0.5, 0.6) is 0 Å². The van der Waals surface area contributed by atoms with Crippen LogP contribution in [-0.4, -0.2) is 0 Å². The molecule has 0 unspecified atom stereocenters. The monoisotopic (exact) mass is 200 g/mol. The number of hydrogen-bond acceptors (Lipinski definition) is 1. The first-order valence-corrected chi connectivity index (χ1v) is 5.13. The molecule has 15 heavy (non-hydrogen) atoms. The molecule has 1 aromatic heterocycles. The van der Waals surface area contributed by atoms with E-state index in [1.54, 1.807) is 12.2 Å². The van der Waals surface area contributed by atoms with Gasteiger partial charge in [-0.3, -0.25) is 0 Å². The molecular formula is C14H16O. The van der Waals surface area contributed by atoms with Crippen LogP contribution < -0.4 is 0 Å². The zero-order chi connectivity index (χ0) is 11.3. The van der Waals surface area contributed by atoms with Crippen LogP contribution in [0, 0.1) is 0 Å². The first-order chi connectivity index (χ1) is 7.36. The van der Waals surface area contributed by atoms with Gasteiger partial charge in [-0.15, -0.1) is 0 Å². The van der Waals surface area contributed by atoms with Gasteiger partial charge >= 0.3 is 0 Å². The van der Waals surface area contributed by atoms with Gasteiger partial charge in [-0.25, -0.2) is 0 Å². The van der Waals surface area contributed by atoms with Gasteiger partial charge in [0.05, 0.1) is 0 Å². The Morgan fingerprint density at radius 3 is 2.33 bits per heavy atom. The Kier molecular flexibility index (Phi) is 3.92. The molecule has 0 aliphatic rings. The van der Waals surface area contributed by atoms with Crippen molar-refractivity contribution in [2.75, 3.05) is 0 Å². The van der Waals surface area contributed by atoms with Gasteiger partial charge in [0.1, 0.15) is 11.3 Å². The summed E-state index contributed by atoms with van der Waals surface area (Å²) in [5.41, 5.74) is 1.90. The van der Waals surface area contributed by atoms with Crippen LogP contribution in [-0.2, 0) is 0 Å². The Hall–Kier alpha value is -1.76. The molecule has 0 saturated carbocycles. The fourth-order valence-corrected chi connectivity index (χ4v) is 1.45. The molecular weight excluding hydrogens is 184 g/mol. The van der Waals surface area contributed by atoms with Crippen molar-refractivity contribution < 1.29 is 4.42 Å². The molecule has 2 rings (SSSR count). The molecule has 0 radical (unpaired) electrons. The molecule has 0 aliphatic carbocycles. The lowest BCUT2D eigenvalue weighted by Crippen LogP contribution is -1.70. The second kappa shape index (κ2) is 5.20. The Bertz CT molecular complexity index is 463. The van der Waals surface area contributed by atoms with Crippen LogP contribution in [0.15, 0.2) is 41.8 Å². The number of hydrogen-bond donors (Lipinski definition) is 0. The quantitative estimate of drug-likeness (QED) is 0.682. The van der Waals surface area contributed by atoms with Gasteiger partial charge in [0.2, 0.25) is 0 Å². The molecule has 0 aliphatic heterocycles. The van der Waals surface area contributed by atoms with Crippen molar-refractivity contribution in [2.45, 2.75) is 13.8 Å². The van der Waals surface area contributed by atoms with Crippen molar-refractivity contribution in [3.63, 3.8) is 0 Å². The Morgan fingerprint density at radius 2 is 1.73 bits per heavy atom. The largest absolute Gasteiger partial charge is 0.456 e. The number of benzene rings is 1. The van der Waals surface area contributed by atoms with E-state index in [9.17, 15) is 0 Å². The Balaban J connectivity index is 0.000000531. The molecule has 0 N–H and O–H groups in total. The summed E-state index contributed by atoms with van der Waals surface area (Å²) in [6.07, 6.45) is 3.50. The minimum atomic E-state index is 0.788. The maximum atomic E-state index is 5.55. The van der Waals surface area contributed by atoms with E-state index >= 15 is 0 Å².